The molecule has 17 heavy (non-hydrogen) atoms. The van der Waals surface area contributed by atoms with Crippen molar-refractivity contribution < 1.29 is 12.8 Å². The van der Waals surface area contributed by atoms with Crippen molar-refractivity contribution in [3.05, 3.63) is 24.0 Å². The maximum absolute atomic E-state index is 12.9. The third-order valence-electron chi connectivity index (χ3n) is 2.10. The molecule has 3 N–H and O–H groups in total. The molecule has 0 aliphatic rings. The maximum atomic E-state index is 12.9. The average molecular weight is 278 g/mol. The molecule has 0 aliphatic heterocycles. The summed E-state index contributed by atoms with van der Waals surface area (Å²) in [6.07, 6.45) is 2.70. The van der Waals surface area contributed by atoms with Gasteiger partial charge in [-0.15, -0.1) is 0 Å². The van der Waals surface area contributed by atoms with Gasteiger partial charge in [-0.25, -0.2) is 17.5 Å². The van der Waals surface area contributed by atoms with Crippen LogP contribution in [0.1, 0.15) is 6.42 Å². The van der Waals surface area contributed by atoms with Gasteiger partial charge >= 0.3 is 0 Å². The molecule has 0 aliphatic carbocycles. The van der Waals surface area contributed by atoms with Gasteiger partial charge < -0.3 is 5.73 Å². The molecule has 96 valence electrons. The second-order valence-electron chi connectivity index (χ2n) is 3.43. The topological polar surface area (TPSA) is 72.2 Å². The molecule has 0 radical (unpaired) electrons. The first-order valence-corrected chi connectivity index (χ1v) is 7.88. The number of nitrogen functional groups attached to an aromatic ring is 1. The molecule has 1 aromatic carbocycles. The normalized spacial score (nSPS) is 11.6. The van der Waals surface area contributed by atoms with Crippen LogP contribution in [-0.2, 0) is 10.0 Å². The Balaban J connectivity index is 2.72. The summed E-state index contributed by atoms with van der Waals surface area (Å²) >= 11 is 1.65. The quantitative estimate of drug-likeness (QED) is 0.610. The van der Waals surface area contributed by atoms with Crippen LogP contribution in [0.5, 0.6) is 0 Å². The highest BCUT2D eigenvalue weighted by Gasteiger charge is 2.14. The van der Waals surface area contributed by atoms with Gasteiger partial charge in [0.25, 0.3) is 0 Å². The average Bonchev–Trinajstić information content (AvgIpc) is 2.28. The Kier molecular flexibility index (Phi) is 5.23. The molecular formula is C10H15FN2O2S2. The predicted octanol–water partition coefficient (Wildman–Crippen LogP) is 1.44. The number of thioether (sulfide) groups is 1. The SMILES string of the molecule is CSCCCNS(=O)(=O)c1ccc(F)c(N)c1. The highest BCUT2D eigenvalue weighted by atomic mass is 32.2. The van der Waals surface area contributed by atoms with Crippen LogP contribution < -0.4 is 10.5 Å². The van der Waals surface area contributed by atoms with E-state index < -0.39 is 15.8 Å². The van der Waals surface area contributed by atoms with Crippen molar-refractivity contribution in [2.45, 2.75) is 11.3 Å². The van der Waals surface area contributed by atoms with E-state index in [1.807, 2.05) is 6.26 Å². The van der Waals surface area contributed by atoms with Gasteiger partial charge in [-0.05, 0) is 36.6 Å². The van der Waals surface area contributed by atoms with E-state index in [0.29, 0.717) is 6.54 Å². The molecular weight excluding hydrogens is 263 g/mol. The third kappa shape index (κ3) is 4.18. The number of hydrogen-bond acceptors (Lipinski definition) is 4. The van der Waals surface area contributed by atoms with Crippen LogP contribution in [-0.4, -0.2) is 27.0 Å². The van der Waals surface area contributed by atoms with Crippen molar-refractivity contribution in [2.75, 3.05) is 24.3 Å². The lowest BCUT2D eigenvalue weighted by Gasteiger charge is -2.07. The molecule has 0 aromatic heterocycles. The fourth-order valence-electron chi connectivity index (χ4n) is 1.20. The number of nitrogens with one attached hydrogen (secondary N) is 1. The molecule has 1 aromatic rings. The van der Waals surface area contributed by atoms with Gasteiger partial charge in [0.15, 0.2) is 0 Å². The zero-order valence-electron chi connectivity index (χ0n) is 9.44. The second-order valence-corrected chi connectivity index (χ2v) is 6.18. The van der Waals surface area contributed by atoms with E-state index >= 15 is 0 Å². The molecule has 0 saturated carbocycles. The van der Waals surface area contributed by atoms with E-state index in [0.717, 1.165) is 24.3 Å². The highest BCUT2D eigenvalue weighted by molar-refractivity contribution is 7.98. The van der Waals surface area contributed by atoms with Gasteiger partial charge in [0, 0.05) is 6.54 Å². The van der Waals surface area contributed by atoms with E-state index in [4.69, 9.17) is 5.73 Å². The predicted molar refractivity (Wildman–Crippen MR) is 69.0 cm³/mol. The number of hydrogen-bond donors (Lipinski definition) is 2. The summed E-state index contributed by atoms with van der Waals surface area (Å²) in [5, 5.41) is 0. The number of halogens is 1. The van der Waals surface area contributed by atoms with Gasteiger partial charge in [-0.1, -0.05) is 0 Å². The van der Waals surface area contributed by atoms with Crippen molar-refractivity contribution in [1.82, 2.24) is 4.72 Å². The highest BCUT2D eigenvalue weighted by Crippen LogP contribution is 2.16. The van der Waals surface area contributed by atoms with Crippen LogP contribution in [0, 0.1) is 5.82 Å². The number of benzene rings is 1. The van der Waals surface area contributed by atoms with Gasteiger partial charge in [-0.2, -0.15) is 11.8 Å². The molecule has 0 unspecified atom stereocenters. The Morgan fingerprint density at radius 2 is 2.18 bits per heavy atom. The van der Waals surface area contributed by atoms with Crippen molar-refractivity contribution in [1.29, 1.82) is 0 Å². The summed E-state index contributed by atoms with van der Waals surface area (Å²) < 4.78 is 38.9. The van der Waals surface area contributed by atoms with Crippen LogP contribution in [0.15, 0.2) is 23.1 Å². The fraction of sp³-hybridized carbons (Fsp3) is 0.400. The number of rotatable bonds is 6. The summed E-state index contributed by atoms with van der Waals surface area (Å²) in [5.74, 6) is 0.264. The van der Waals surface area contributed by atoms with E-state index in [2.05, 4.69) is 4.72 Å². The van der Waals surface area contributed by atoms with Crippen LogP contribution in [0.4, 0.5) is 10.1 Å². The molecule has 1 rings (SSSR count). The molecule has 7 heteroatoms. The molecule has 0 saturated heterocycles. The Morgan fingerprint density at radius 1 is 1.47 bits per heavy atom. The first-order chi connectivity index (χ1) is 7.97. The van der Waals surface area contributed by atoms with Crippen molar-refractivity contribution in [2.24, 2.45) is 0 Å². The third-order valence-corrected chi connectivity index (χ3v) is 4.25. The molecule has 4 nitrogen and oxygen atoms in total. The zero-order chi connectivity index (χ0) is 12.9. The smallest absolute Gasteiger partial charge is 0.240 e. The fourth-order valence-corrected chi connectivity index (χ4v) is 2.74. The van der Waals surface area contributed by atoms with Crippen LogP contribution in [0.3, 0.4) is 0 Å². The molecule has 0 heterocycles. The minimum absolute atomic E-state index is 0.0134. The Morgan fingerprint density at radius 3 is 2.76 bits per heavy atom. The van der Waals surface area contributed by atoms with Crippen LogP contribution >= 0.6 is 11.8 Å². The van der Waals surface area contributed by atoms with Crippen LogP contribution in [0.25, 0.3) is 0 Å². The van der Waals surface area contributed by atoms with E-state index in [1.54, 1.807) is 11.8 Å². The summed E-state index contributed by atoms with van der Waals surface area (Å²) in [4.78, 5) is -0.0134. The molecule has 0 atom stereocenters. The van der Waals surface area contributed by atoms with Crippen molar-refractivity contribution in [3.8, 4) is 0 Å². The second kappa shape index (κ2) is 6.23. The first-order valence-electron chi connectivity index (χ1n) is 5.01. The van der Waals surface area contributed by atoms with E-state index in [1.165, 1.54) is 6.07 Å². The van der Waals surface area contributed by atoms with Crippen LogP contribution in [0.2, 0.25) is 0 Å². The zero-order valence-corrected chi connectivity index (χ0v) is 11.1. The van der Waals surface area contributed by atoms with Gasteiger partial charge in [0.2, 0.25) is 10.0 Å². The summed E-state index contributed by atoms with van der Waals surface area (Å²) in [6, 6.07) is 3.36. The number of nitrogens with two attached hydrogens (primary N) is 1. The molecule has 0 spiro atoms. The summed E-state index contributed by atoms with van der Waals surface area (Å²) in [6.45, 7) is 0.362. The van der Waals surface area contributed by atoms with Gasteiger partial charge in [0.05, 0.1) is 10.6 Å². The van der Waals surface area contributed by atoms with Gasteiger partial charge in [0.1, 0.15) is 5.82 Å². The lowest BCUT2D eigenvalue weighted by Crippen LogP contribution is -2.25. The van der Waals surface area contributed by atoms with E-state index in [9.17, 15) is 12.8 Å². The van der Waals surface area contributed by atoms with Gasteiger partial charge in [-0.3, -0.25) is 0 Å². The molecule has 0 amide bonds. The summed E-state index contributed by atoms with van der Waals surface area (Å²) in [5.41, 5.74) is 5.15. The monoisotopic (exact) mass is 278 g/mol. The minimum Gasteiger partial charge on any atom is -0.396 e. The lowest BCUT2D eigenvalue weighted by molar-refractivity contribution is 0.580. The largest absolute Gasteiger partial charge is 0.396 e. The standard InChI is InChI=1S/C10H15FN2O2S2/c1-16-6-2-5-13-17(14,15)8-3-4-9(11)10(12)7-8/h3-4,7,13H,2,5-6,12H2,1H3. The Hall–Kier alpha value is -0.790. The molecule has 0 fully saturated rings. The maximum Gasteiger partial charge on any atom is 0.240 e. The van der Waals surface area contributed by atoms with Crippen molar-refractivity contribution >= 4 is 27.5 Å². The summed E-state index contributed by atoms with van der Waals surface area (Å²) in [7, 11) is -3.59. The first kappa shape index (κ1) is 14.3. The number of anilines is 1. The number of sulfonamides is 1. The Bertz CT molecular complexity index is 477. The molecule has 0 bridgehead atoms. The minimum atomic E-state index is -3.59. The lowest BCUT2D eigenvalue weighted by atomic mass is 10.3. The van der Waals surface area contributed by atoms with E-state index in [-0.39, 0.29) is 10.6 Å². The Labute approximate surface area is 105 Å². The van der Waals surface area contributed by atoms with Crippen molar-refractivity contribution in [3.63, 3.8) is 0 Å².